The quantitative estimate of drug-likeness (QED) is 0.723. The molecule has 1 fully saturated rings. The van der Waals surface area contributed by atoms with E-state index < -0.39 is 10.0 Å². The standard InChI is InChI=1S/C24H30N2O3S/c1-29-22-12-9-20(10-13-22)24(26-15-5-2-6-16-26)18-25-30(27,28)23-14-11-19-7-3-4-8-21(19)17-23/h3-4,7-10,12-13,17,24-25H,2,5-6,11,14-16,18H2,1H3. The molecule has 0 radical (unpaired) electrons. The lowest BCUT2D eigenvalue weighted by atomic mass is 9.98. The monoisotopic (exact) mass is 426 g/mol. The third-order valence-corrected chi connectivity index (χ3v) is 7.72. The Morgan fingerprint density at radius 3 is 2.47 bits per heavy atom. The maximum Gasteiger partial charge on any atom is 0.236 e. The highest BCUT2D eigenvalue weighted by atomic mass is 32.2. The van der Waals surface area contributed by atoms with Crippen molar-refractivity contribution in [2.75, 3.05) is 26.7 Å². The first-order chi connectivity index (χ1) is 14.6. The number of hydrogen-bond donors (Lipinski definition) is 1. The molecular weight excluding hydrogens is 396 g/mol. The summed E-state index contributed by atoms with van der Waals surface area (Å²) in [6, 6.07) is 16.0. The van der Waals surface area contributed by atoms with Crippen molar-refractivity contribution < 1.29 is 13.2 Å². The molecule has 2 aromatic carbocycles. The molecule has 1 unspecified atom stereocenters. The number of piperidine rings is 1. The molecule has 1 aliphatic heterocycles. The van der Waals surface area contributed by atoms with Crippen LogP contribution in [-0.4, -0.2) is 40.1 Å². The smallest absolute Gasteiger partial charge is 0.236 e. The van der Waals surface area contributed by atoms with Gasteiger partial charge in [0, 0.05) is 12.6 Å². The molecule has 0 bridgehead atoms. The number of nitrogens with one attached hydrogen (secondary N) is 1. The topological polar surface area (TPSA) is 58.6 Å². The van der Waals surface area contributed by atoms with Crippen LogP contribution in [0.3, 0.4) is 0 Å². The van der Waals surface area contributed by atoms with Crippen LogP contribution in [0.1, 0.15) is 48.4 Å². The Morgan fingerprint density at radius 2 is 1.73 bits per heavy atom. The zero-order valence-corrected chi connectivity index (χ0v) is 18.3. The van der Waals surface area contributed by atoms with E-state index in [1.807, 2.05) is 48.5 Å². The van der Waals surface area contributed by atoms with Gasteiger partial charge in [0.05, 0.1) is 12.0 Å². The van der Waals surface area contributed by atoms with Gasteiger partial charge in [-0.25, -0.2) is 13.1 Å². The maximum absolute atomic E-state index is 13.1. The summed E-state index contributed by atoms with van der Waals surface area (Å²) in [4.78, 5) is 2.88. The van der Waals surface area contributed by atoms with E-state index in [4.69, 9.17) is 4.74 Å². The first-order valence-corrected chi connectivity index (χ1v) is 12.2. The Kier molecular flexibility index (Phi) is 6.56. The molecule has 1 N–H and O–H groups in total. The van der Waals surface area contributed by atoms with E-state index in [9.17, 15) is 8.42 Å². The molecule has 160 valence electrons. The number of rotatable bonds is 7. The third-order valence-electron chi connectivity index (χ3n) is 6.16. The zero-order valence-electron chi connectivity index (χ0n) is 17.5. The van der Waals surface area contributed by atoms with E-state index in [2.05, 4.69) is 15.7 Å². The molecule has 30 heavy (non-hydrogen) atoms. The van der Waals surface area contributed by atoms with E-state index in [-0.39, 0.29) is 6.04 Å². The van der Waals surface area contributed by atoms with Crippen LogP contribution >= 0.6 is 0 Å². The van der Waals surface area contributed by atoms with Gasteiger partial charge in [-0.2, -0.15) is 0 Å². The van der Waals surface area contributed by atoms with Gasteiger partial charge in [-0.3, -0.25) is 4.90 Å². The second kappa shape index (κ2) is 9.33. The van der Waals surface area contributed by atoms with Gasteiger partial charge in [-0.05, 0) is 73.7 Å². The summed E-state index contributed by atoms with van der Waals surface area (Å²) in [7, 11) is -1.87. The Balaban J connectivity index is 1.53. The summed E-state index contributed by atoms with van der Waals surface area (Å²) in [6.45, 7) is 2.36. The second-order valence-corrected chi connectivity index (χ2v) is 9.87. The lowest BCUT2D eigenvalue weighted by Gasteiger charge is -2.35. The molecular formula is C24H30N2O3S. The number of hydrogen-bond acceptors (Lipinski definition) is 4. The molecule has 0 amide bonds. The maximum atomic E-state index is 13.1. The van der Waals surface area contributed by atoms with Crippen LogP contribution in [0.25, 0.3) is 6.08 Å². The molecule has 0 spiro atoms. The predicted octanol–water partition coefficient (Wildman–Crippen LogP) is 4.13. The highest BCUT2D eigenvalue weighted by Gasteiger charge is 2.27. The van der Waals surface area contributed by atoms with Crippen molar-refractivity contribution in [1.82, 2.24) is 9.62 Å². The minimum atomic E-state index is -3.52. The highest BCUT2D eigenvalue weighted by molar-refractivity contribution is 7.93. The van der Waals surface area contributed by atoms with Gasteiger partial charge in [-0.1, -0.05) is 42.8 Å². The molecule has 0 saturated carbocycles. The molecule has 1 aliphatic carbocycles. The number of fused-ring (bicyclic) bond motifs is 1. The van der Waals surface area contributed by atoms with Crippen LogP contribution < -0.4 is 9.46 Å². The Bertz CT molecular complexity index is 993. The van der Waals surface area contributed by atoms with Gasteiger partial charge in [-0.15, -0.1) is 0 Å². The summed E-state index contributed by atoms with van der Waals surface area (Å²) < 4.78 is 34.4. The van der Waals surface area contributed by atoms with Gasteiger partial charge >= 0.3 is 0 Å². The minimum Gasteiger partial charge on any atom is -0.497 e. The molecule has 5 nitrogen and oxygen atoms in total. The van der Waals surface area contributed by atoms with Gasteiger partial charge < -0.3 is 4.74 Å². The number of methoxy groups -OCH3 is 1. The van der Waals surface area contributed by atoms with Crippen molar-refractivity contribution in [3.63, 3.8) is 0 Å². The first kappa shape index (κ1) is 21.1. The van der Waals surface area contributed by atoms with Crippen molar-refractivity contribution in [3.05, 3.63) is 70.1 Å². The molecule has 6 heteroatoms. The van der Waals surface area contributed by atoms with E-state index in [0.29, 0.717) is 17.9 Å². The van der Waals surface area contributed by atoms with E-state index in [1.165, 1.54) is 12.0 Å². The van der Waals surface area contributed by atoms with Crippen molar-refractivity contribution in [2.45, 2.75) is 38.1 Å². The molecule has 1 saturated heterocycles. The van der Waals surface area contributed by atoms with Crippen LogP contribution in [0.15, 0.2) is 53.4 Å². The van der Waals surface area contributed by atoms with Crippen LogP contribution in [0.4, 0.5) is 0 Å². The Morgan fingerprint density at radius 1 is 1.00 bits per heavy atom. The third kappa shape index (κ3) is 4.77. The number of ether oxygens (including phenoxy) is 1. The highest BCUT2D eigenvalue weighted by Crippen LogP contribution is 2.29. The fourth-order valence-electron chi connectivity index (χ4n) is 4.41. The molecule has 1 atom stereocenters. The molecule has 4 rings (SSSR count). The molecule has 2 aromatic rings. The number of likely N-dealkylation sites (tertiary alicyclic amines) is 1. The van der Waals surface area contributed by atoms with Crippen LogP contribution in [-0.2, 0) is 16.4 Å². The Hall–Kier alpha value is -2.15. The Labute approximate surface area is 179 Å². The summed E-state index contributed by atoms with van der Waals surface area (Å²) in [6.07, 6.45) is 6.68. The van der Waals surface area contributed by atoms with Crippen molar-refractivity contribution in [3.8, 4) is 5.75 Å². The average Bonchev–Trinajstić information content (AvgIpc) is 2.80. The van der Waals surface area contributed by atoms with Crippen LogP contribution in [0.2, 0.25) is 0 Å². The zero-order chi connectivity index (χ0) is 21.0. The van der Waals surface area contributed by atoms with E-state index >= 15 is 0 Å². The normalized spacial score (nSPS) is 18.4. The summed E-state index contributed by atoms with van der Waals surface area (Å²) in [5.41, 5.74) is 3.33. The number of benzene rings is 2. The lowest BCUT2D eigenvalue weighted by molar-refractivity contribution is 0.164. The van der Waals surface area contributed by atoms with Crippen LogP contribution in [0, 0.1) is 0 Å². The van der Waals surface area contributed by atoms with Crippen molar-refractivity contribution in [2.24, 2.45) is 0 Å². The molecule has 0 aromatic heterocycles. The van der Waals surface area contributed by atoms with E-state index in [0.717, 1.165) is 49.2 Å². The largest absolute Gasteiger partial charge is 0.497 e. The van der Waals surface area contributed by atoms with Gasteiger partial charge in [0.2, 0.25) is 10.0 Å². The number of allylic oxidation sites excluding steroid dienone is 1. The van der Waals surface area contributed by atoms with Crippen molar-refractivity contribution in [1.29, 1.82) is 0 Å². The molecule has 1 heterocycles. The van der Waals surface area contributed by atoms with Crippen LogP contribution in [0.5, 0.6) is 5.75 Å². The van der Waals surface area contributed by atoms with E-state index in [1.54, 1.807) is 7.11 Å². The van der Waals surface area contributed by atoms with Gasteiger partial charge in [0.15, 0.2) is 0 Å². The first-order valence-electron chi connectivity index (χ1n) is 10.7. The number of nitrogens with zero attached hydrogens (tertiary/aromatic N) is 1. The van der Waals surface area contributed by atoms with Crippen molar-refractivity contribution >= 4 is 16.1 Å². The summed E-state index contributed by atoms with van der Waals surface area (Å²) >= 11 is 0. The number of aryl methyl sites for hydroxylation is 1. The second-order valence-electron chi connectivity index (χ2n) is 8.05. The fourth-order valence-corrected chi connectivity index (χ4v) is 5.63. The van der Waals surface area contributed by atoms with Gasteiger partial charge in [0.1, 0.15) is 5.75 Å². The summed E-state index contributed by atoms with van der Waals surface area (Å²) in [5.74, 6) is 0.808. The fraction of sp³-hybridized carbons (Fsp3) is 0.417. The number of sulfonamides is 1. The molecule has 2 aliphatic rings. The SMILES string of the molecule is COc1ccc(C(CNS(=O)(=O)C2=Cc3ccccc3CC2)N2CCCCC2)cc1. The van der Waals surface area contributed by atoms with Gasteiger partial charge in [0.25, 0.3) is 0 Å². The average molecular weight is 427 g/mol. The predicted molar refractivity (Wildman–Crippen MR) is 121 cm³/mol. The lowest BCUT2D eigenvalue weighted by Crippen LogP contribution is -2.41. The minimum absolute atomic E-state index is 0.0162. The summed E-state index contributed by atoms with van der Waals surface area (Å²) in [5, 5.41) is 0.